The second-order valence-corrected chi connectivity index (χ2v) is 11.0. The molecular formula is C27H33ClFN7O2. The first kappa shape index (κ1) is 25.2. The van der Waals surface area contributed by atoms with Gasteiger partial charge in [-0.15, -0.1) is 0 Å². The number of rotatable bonds is 1. The lowest BCUT2D eigenvalue weighted by atomic mass is 9.98. The molecule has 2 unspecified atom stereocenters. The van der Waals surface area contributed by atoms with Crippen molar-refractivity contribution in [1.29, 1.82) is 0 Å². The molecule has 0 radical (unpaired) electrons. The predicted molar refractivity (Wildman–Crippen MR) is 145 cm³/mol. The number of anilines is 2. The number of fused-ring (bicyclic) bond motifs is 4. The quantitative estimate of drug-likeness (QED) is 0.497. The molecule has 2 atom stereocenters. The minimum atomic E-state index is -0.400. The number of hydrogen-bond donors (Lipinski definition) is 1. The smallest absolute Gasteiger partial charge is 0.258 e. The van der Waals surface area contributed by atoms with Gasteiger partial charge in [-0.05, 0) is 56.7 Å². The molecule has 2 aromatic heterocycles. The summed E-state index contributed by atoms with van der Waals surface area (Å²) in [5, 5.41) is 5.36. The molecule has 2 fully saturated rings. The lowest BCUT2D eigenvalue weighted by Crippen LogP contribution is -2.39. The third-order valence-corrected chi connectivity index (χ3v) is 8.07. The van der Waals surface area contributed by atoms with E-state index >= 15 is 4.39 Å². The minimum Gasteiger partial charge on any atom is -0.493 e. The largest absolute Gasteiger partial charge is 0.493 e. The number of carbonyl (C=O) groups excluding carboxylic acids is 1. The second-order valence-electron chi connectivity index (χ2n) is 10.5. The number of nitrogens with two attached hydrogens (primary N) is 1. The first-order chi connectivity index (χ1) is 18.4. The van der Waals surface area contributed by atoms with Gasteiger partial charge < -0.3 is 25.2 Å². The molecule has 2 bridgehead atoms. The van der Waals surface area contributed by atoms with E-state index in [-0.39, 0.29) is 18.0 Å². The highest BCUT2D eigenvalue weighted by Gasteiger charge is 2.34. The van der Waals surface area contributed by atoms with E-state index in [0.29, 0.717) is 72.1 Å². The van der Waals surface area contributed by atoms with Crippen molar-refractivity contribution in [3.63, 3.8) is 0 Å². The van der Waals surface area contributed by atoms with E-state index in [1.807, 2.05) is 27.8 Å². The van der Waals surface area contributed by atoms with Gasteiger partial charge in [-0.1, -0.05) is 11.6 Å². The van der Waals surface area contributed by atoms with Crippen LogP contribution in [0.15, 0.2) is 24.3 Å². The van der Waals surface area contributed by atoms with Gasteiger partial charge in [-0.25, -0.2) is 4.98 Å². The fourth-order valence-corrected chi connectivity index (χ4v) is 6.00. The molecule has 1 aromatic carbocycles. The molecule has 11 heteroatoms. The highest BCUT2D eigenvalue weighted by molar-refractivity contribution is 6.31. The van der Waals surface area contributed by atoms with Crippen LogP contribution in [0, 0.1) is 5.82 Å². The van der Waals surface area contributed by atoms with Crippen LogP contribution in [-0.4, -0.2) is 71.3 Å². The number of nitrogens with zero attached hydrogens (tertiary/aromatic N) is 6. The van der Waals surface area contributed by atoms with Crippen molar-refractivity contribution in [3.8, 4) is 5.75 Å². The van der Waals surface area contributed by atoms with Crippen LogP contribution >= 0.6 is 11.6 Å². The number of halogens is 2. The number of benzene rings is 1. The lowest BCUT2D eigenvalue weighted by Gasteiger charge is -2.35. The lowest BCUT2D eigenvalue weighted by molar-refractivity contribution is 0.0601. The predicted octanol–water partition coefficient (Wildman–Crippen LogP) is 4.04. The molecule has 0 saturated carbocycles. The van der Waals surface area contributed by atoms with Crippen molar-refractivity contribution in [2.75, 3.05) is 49.6 Å². The Labute approximate surface area is 226 Å². The minimum absolute atomic E-state index is 0.00203. The van der Waals surface area contributed by atoms with Crippen LogP contribution in [0.1, 0.15) is 60.6 Å². The fourth-order valence-electron chi connectivity index (χ4n) is 5.83. The molecule has 2 saturated heterocycles. The molecule has 202 valence electrons. The summed E-state index contributed by atoms with van der Waals surface area (Å²) in [4.78, 5) is 24.3. The van der Waals surface area contributed by atoms with E-state index < -0.39 is 5.82 Å². The van der Waals surface area contributed by atoms with Gasteiger partial charge in [-0.2, -0.15) is 14.0 Å². The molecular weight excluding hydrogens is 509 g/mol. The summed E-state index contributed by atoms with van der Waals surface area (Å²) in [6.45, 7) is 2.87. The average molecular weight is 542 g/mol. The van der Waals surface area contributed by atoms with Crippen molar-refractivity contribution in [2.24, 2.45) is 5.73 Å². The van der Waals surface area contributed by atoms with Crippen LogP contribution in [0.25, 0.3) is 5.65 Å². The molecule has 3 aromatic rings. The third kappa shape index (κ3) is 4.53. The Morgan fingerprint density at radius 3 is 2.76 bits per heavy atom. The Bertz CT molecular complexity index is 1360. The summed E-state index contributed by atoms with van der Waals surface area (Å²) in [6, 6.07) is 6.82. The Balaban J connectivity index is 1.49. The van der Waals surface area contributed by atoms with Gasteiger partial charge >= 0.3 is 0 Å². The molecule has 6 rings (SSSR count). The highest BCUT2D eigenvalue weighted by Crippen LogP contribution is 2.36. The summed E-state index contributed by atoms with van der Waals surface area (Å²) in [6.07, 6.45) is 4.92. The standard InChI is InChI=1S/C27H33ClFN7O2/c1-33-10-4-5-13-38-22-8-7-17(28)14-19(22)27(37)35-11-3-2-6-21(35)20-15-23-31-25(34-12-9-18(30)16-34)24(29)26(33)36(23)32-20/h7-8,14-15,18,21H,2-6,9-13,16,30H2,1H3. The number of aromatic nitrogens is 3. The second kappa shape index (κ2) is 10.2. The van der Waals surface area contributed by atoms with Gasteiger partial charge in [0.15, 0.2) is 17.3 Å². The highest BCUT2D eigenvalue weighted by atomic mass is 35.5. The van der Waals surface area contributed by atoms with E-state index in [1.165, 1.54) is 0 Å². The maximum absolute atomic E-state index is 16.1. The average Bonchev–Trinajstić information content (AvgIpc) is 3.53. The molecule has 38 heavy (non-hydrogen) atoms. The van der Waals surface area contributed by atoms with Crippen molar-refractivity contribution < 1.29 is 13.9 Å². The summed E-state index contributed by atoms with van der Waals surface area (Å²) >= 11 is 6.30. The van der Waals surface area contributed by atoms with Gasteiger partial charge in [0.2, 0.25) is 5.82 Å². The van der Waals surface area contributed by atoms with E-state index in [0.717, 1.165) is 38.5 Å². The van der Waals surface area contributed by atoms with Gasteiger partial charge in [0.05, 0.1) is 23.9 Å². The van der Waals surface area contributed by atoms with Gasteiger partial charge in [-0.3, -0.25) is 4.79 Å². The van der Waals surface area contributed by atoms with Crippen molar-refractivity contribution in [3.05, 3.63) is 46.4 Å². The monoisotopic (exact) mass is 541 g/mol. The van der Waals surface area contributed by atoms with Crippen LogP contribution in [0.4, 0.5) is 16.0 Å². The van der Waals surface area contributed by atoms with Gasteiger partial charge in [0, 0.05) is 50.4 Å². The maximum Gasteiger partial charge on any atom is 0.258 e. The first-order valence-corrected chi connectivity index (χ1v) is 13.8. The molecule has 2 N–H and O–H groups in total. The van der Waals surface area contributed by atoms with Gasteiger partial charge in [0.25, 0.3) is 5.91 Å². The molecule has 3 aliphatic heterocycles. The van der Waals surface area contributed by atoms with Crippen LogP contribution < -0.4 is 20.3 Å². The zero-order valence-electron chi connectivity index (χ0n) is 21.6. The van der Waals surface area contributed by atoms with Crippen molar-refractivity contribution in [1.82, 2.24) is 19.5 Å². The summed E-state index contributed by atoms with van der Waals surface area (Å²) in [5.41, 5.74) is 7.86. The van der Waals surface area contributed by atoms with Crippen LogP contribution in [0.5, 0.6) is 5.75 Å². The Morgan fingerprint density at radius 1 is 1.11 bits per heavy atom. The van der Waals surface area contributed by atoms with Crippen molar-refractivity contribution >= 4 is 34.8 Å². The Morgan fingerprint density at radius 2 is 1.95 bits per heavy atom. The summed E-state index contributed by atoms with van der Waals surface area (Å²) < 4.78 is 23.8. The molecule has 1 amide bonds. The van der Waals surface area contributed by atoms with E-state index in [1.54, 1.807) is 22.7 Å². The molecule has 0 spiro atoms. The van der Waals surface area contributed by atoms with E-state index in [9.17, 15) is 4.79 Å². The number of piperidine rings is 1. The zero-order valence-corrected chi connectivity index (χ0v) is 22.3. The maximum atomic E-state index is 16.1. The number of carbonyl (C=O) groups is 1. The number of ether oxygens (including phenoxy) is 1. The molecule has 0 aliphatic carbocycles. The van der Waals surface area contributed by atoms with Crippen LogP contribution in [0.2, 0.25) is 5.02 Å². The Hall–Kier alpha value is -3.11. The van der Waals surface area contributed by atoms with Crippen LogP contribution in [-0.2, 0) is 0 Å². The van der Waals surface area contributed by atoms with E-state index in [4.69, 9.17) is 32.2 Å². The molecule has 3 aliphatic rings. The van der Waals surface area contributed by atoms with Crippen molar-refractivity contribution in [2.45, 2.75) is 50.6 Å². The summed E-state index contributed by atoms with van der Waals surface area (Å²) in [7, 11) is 1.88. The SMILES string of the molecule is CN1CCCCOc2ccc(Cl)cc2C(=O)N2CCCCC2c2cc3nc(N4CCC(N)C4)c(F)c1n3n2. The third-order valence-electron chi connectivity index (χ3n) is 7.83. The fraction of sp³-hybridized carbons (Fsp3) is 0.519. The topological polar surface area (TPSA) is 92.2 Å². The molecule has 5 heterocycles. The zero-order chi connectivity index (χ0) is 26.4. The Kier molecular flexibility index (Phi) is 6.77. The van der Waals surface area contributed by atoms with Gasteiger partial charge in [0.1, 0.15) is 5.75 Å². The van der Waals surface area contributed by atoms with Crippen LogP contribution in [0.3, 0.4) is 0 Å². The number of amides is 1. The van der Waals surface area contributed by atoms with E-state index in [2.05, 4.69) is 0 Å². The summed E-state index contributed by atoms with van der Waals surface area (Å²) in [5.74, 6) is 0.675. The normalized spacial score (nSPS) is 22.7. The molecule has 9 nitrogen and oxygen atoms in total. The number of hydrogen-bond acceptors (Lipinski definition) is 7. The first-order valence-electron chi connectivity index (χ1n) is 13.4.